The molecular formula is C10H18N2O. The van der Waals surface area contributed by atoms with Gasteiger partial charge in [0.15, 0.2) is 0 Å². The van der Waals surface area contributed by atoms with Crippen LogP contribution in [0.5, 0.6) is 0 Å². The average Bonchev–Trinajstić information content (AvgIpc) is 2.19. The van der Waals surface area contributed by atoms with Gasteiger partial charge in [-0.2, -0.15) is 0 Å². The van der Waals surface area contributed by atoms with Crippen molar-refractivity contribution in [2.45, 2.75) is 38.1 Å². The van der Waals surface area contributed by atoms with Gasteiger partial charge >= 0.3 is 0 Å². The second-order valence-electron chi connectivity index (χ2n) is 4.35. The molecule has 13 heavy (non-hydrogen) atoms. The molecule has 2 fully saturated rings. The van der Waals surface area contributed by atoms with Crippen LogP contribution in [0.2, 0.25) is 0 Å². The quantitative estimate of drug-likeness (QED) is 0.640. The van der Waals surface area contributed by atoms with Crippen LogP contribution in [0.3, 0.4) is 0 Å². The Kier molecular flexibility index (Phi) is 2.54. The molecule has 1 saturated heterocycles. The van der Waals surface area contributed by atoms with E-state index >= 15 is 0 Å². The number of nitrogens with two attached hydrogens (primary N) is 1. The van der Waals surface area contributed by atoms with Crippen molar-refractivity contribution in [3.63, 3.8) is 0 Å². The molecule has 0 spiro atoms. The molecule has 2 rings (SSSR count). The van der Waals surface area contributed by atoms with Crippen LogP contribution in [0.15, 0.2) is 0 Å². The van der Waals surface area contributed by atoms with Crippen molar-refractivity contribution in [3.8, 4) is 0 Å². The van der Waals surface area contributed by atoms with Crippen LogP contribution in [-0.2, 0) is 4.79 Å². The average molecular weight is 182 g/mol. The minimum Gasteiger partial charge on any atom is -0.339 e. The minimum atomic E-state index is -0.191. The first-order chi connectivity index (χ1) is 6.27. The molecule has 2 N–H and O–H groups in total. The number of nitrogens with zero attached hydrogens (tertiary/aromatic N) is 1. The van der Waals surface area contributed by atoms with Crippen molar-refractivity contribution in [3.05, 3.63) is 0 Å². The van der Waals surface area contributed by atoms with Crippen LogP contribution >= 0.6 is 0 Å². The maximum absolute atomic E-state index is 11.2. The van der Waals surface area contributed by atoms with Crippen LogP contribution in [-0.4, -0.2) is 29.9 Å². The highest BCUT2D eigenvalue weighted by atomic mass is 16.2. The summed E-state index contributed by atoms with van der Waals surface area (Å²) in [6.45, 7) is 1.75. The fraction of sp³-hybridized carbons (Fsp3) is 0.900. The fourth-order valence-electron chi connectivity index (χ4n) is 2.37. The number of carbonyl (C=O) groups is 1. The summed E-state index contributed by atoms with van der Waals surface area (Å²) in [6, 6.07) is -0.191. The van der Waals surface area contributed by atoms with Crippen LogP contribution in [0.4, 0.5) is 0 Å². The summed E-state index contributed by atoms with van der Waals surface area (Å²) in [5.41, 5.74) is 5.53. The highest BCUT2D eigenvalue weighted by Crippen LogP contribution is 2.25. The minimum absolute atomic E-state index is 0.158. The molecule has 1 saturated carbocycles. The summed E-state index contributed by atoms with van der Waals surface area (Å²) in [5, 5.41) is 0. The number of hydrogen-bond acceptors (Lipinski definition) is 2. The van der Waals surface area contributed by atoms with E-state index in [9.17, 15) is 4.79 Å². The highest BCUT2D eigenvalue weighted by molar-refractivity contribution is 5.87. The Morgan fingerprint density at radius 3 is 2.54 bits per heavy atom. The maximum atomic E-state index is 11.2. The Hall–Kier alpha value is -0.570. The molecule has 1 amide bonds. The van der Waals surface area contributed by atoms with Crippen LogP contribution in [0, 0.1) is 5.92 Å². The van der Waals surface area contributed by atoms with Gasteiger partial charge in [-0.15, -0.1) is 0 Å². The van der Waals surface area contributed by atoms with Crippen molar-refractivity contribution >= 4 is 5.91 Å². The Morgan fingerprint density at radius 2 is 2.00 bits per heavy atom. The van der Waals surface area contributed by atoms with E-state index in [0.717, 1.165) is 19.0 Å². The van der Waals surface area contributed by atoms with Gasteiger partial charge in [0.05, 0.1) is 0 Å². The third kappa shape index (κ3) is 1.85. The number of hydrogen-bond donors (Lipinski definition) is 1. The van der Waals surface area contributed by atoms with Gasteiger partial charge < -0.3 is 10.6 Å². The third-order valence-electron chi connectivity index (χ3n) is 3.25. The highest BCUT2D eigenvalue weighted by Gasteiger charge is 2.34. The molecule has 1 atom stereocenters. The zero-order chi connectivity index (χ0) is 9.26. The van der Waals surface area contributed by atoms with Gasteiger partial charge in [0.1, 0.15) is 6.04 Å². The number of β-lactam (4-membered cyclic amide) rings is 1. The van der Waals surface area contributed by atoms with E-state index in [1.165, 1.54) is 32.1 Å². The summed E-state index contributed by atoms with van der Waals surface area (Å²) in [7, 11) is 0. The molecular weight excluding hydrogens is 164 g/mol. The molecule has 1 aliphatic heterocycles. The largest absolute Gasteiger partial charge is 0.339 e. The first-order valence-corrected chi connectivity index (χ1v) is 5.32. The molecule has 0 aromatic rings. The van der Waals surface area contributed by atoms with Gasteiger partial charge in [0.2, 0.25) is 5.91 Å². The number of likely N-dealkylation sites (tertiary alicyclic amines) is 1. The molecule has 0 bridgehead atoms. The Labute approximate surface area is 79.3 Å². The zero-order valence-corrected chi connectivity index (χ0v) is 8.04. The fourth-order valence-corrected chi connectivity index (χ4v) is 2.37. The lowest BCUT2D eigenvalue weighted by atomic mass is 9.88. The van der Waals surface area contributed by atoms with E-state index in [-0.39, 0.29) is 11.9 Å². The second kappa shape index (κ2) is 3.66. The Balaban J connectivity index is 1.75. The summed E-state index contributed by atoms with van der Waals surface area (Å²) >= 11 is 0. The summed E-state index contributed by atoms with van der Waals surface area (Å²) in [4.78, 5) is 13.2. The molecule has 0 aromatic carbocycles. The van der Waals surface area contributed by atoms with E-state index in [4.69, 9.17) is 5.73 Å². The van der Waals surface area contributed by atoms with E-state index in [0.29, 0.717) is 0 Å². The Morgan fingerprint density at radius 1 is 1.31 bits per heavy atom. The topological polar surface area (TPSA) is 46.3 Å². The van der Waals surface area contributed by atoms with Gasteiger partial charge in [0.25, 0.3) is 0 Å². The van der Waals surface area contributed by atoms with Crippen molar-refractivity contribution in [2.75, 3.05) is 13.1 Å². The summed E-state index contributed by atoms with van der Waals surface area (Å²) in [5.74, 6) is 0.913. The van der Waals surface area contributed by atoms with Crippen molar-refractivity contribution in [1.82, 2.24) is 4.90 Å². The molecule has 3 nitrogen and oxygen atoms in total. The SMILES string of the molecule is NC1CN(CC2CCCCC2)C1=O. The zero-order valence-electron chi connectivity index (χ0n) is 8.04. The third-order valence-corrected chi connectivity index (χ3v) is 3.25. The summed E-state index contributed by atoms with van der Waals surface area (Å²) in [6.07, 6.45) is 6.68. The van der Waals surface area contributed by atoms with Gasteiger partial charge in [0, 0.05) is 13.1 Å². The predicted molar refractivity (Wildman–Crippen MR) is 51.1 cm³/mol. The first-order valence-electron chi connectivity index (χ1n) is 5.32. The lowest BCUT2D eigenvalue weighted by Gasteiger charge is -2.39. The number of rotatable bonds is 2. The Bertz CT molecular complexity index is 199. The van der Waals surface area contributed by atoms with Crippen molar-refractivity contribution in [1.29, 1.82) is 0 Å². The molecule has 74 valence electrons. The molecule has 2 aliphatic rings. The van der Waals surface area contributed by atoms with E-state index in [1.807, 2.05) is 4.90 Å². The lowest BCUT2D eigenvalue weighted by Crippen LogP contribution is -2.61. The first kappa shape index (κ1) is 9.00. The van der Waals surface area contributed by atoms with E-state index in [2.05, 4.69) is 0 Å². The molecule has 0 aromatic heterocycles. The van der Waals surface area contributed by atoms with Crippen LogP contribution < -0.4 is 5.73 Å². The monoisotopic (exact) mass is 182 g/mol. The van der Waals surface area contributed by atoms with Crippen LogP contribution in [0.1, 0.15) is 32.1 Å². The van der Waals surface area contributed by atoms with E-state index < -0.39 is 0 Å². The molecule has 1 aliphatic carbocycles. The predicted octanol–water partition coefficient (Wildman–Crippen LogP) is 0.736. The van der Waals surface area contributed by atoms with E-state index in [1.54, 1.807) is 0 Å². The molecule has 1 unspecified atom stereocenters. The normalized spacial score (nSPS) is 30.4. The summed E-state index contributed by atoms with van der Waals surface area (Å²) < 4.78 is 0. The number of amides is 1. The standard InChI is InChI=1S/C10H18N2O/c11-9-7-12(10(9)13)6-8-4-2-1-3-5-8/h8-9H,1-7,11H2. The maximum Gasteiger partial charge on any atom is 0.241 e. The molecule has 1 heterocycles. The van der Waals surface area contributed by atoms with Gasteiger partial charge in [-0.25, -0.2) is 0 Å². The lowest BCUT2D eigenvalue weighted by molar-refractivity contribution is -0.143. The van der Waals surface area contributed by atoms with Gasteiger partial charge in [-0.1, -0.05) is 19.3 Å². The molecule has 3 heteroatoms. The van der Waals surface area contributed by atoms with Crippen molar-refractivity contribution in [2.24, 2.45) is 11.7 Å². The van der Waals surface area contributed by atoms with Gasteiger partial charge in [-0.3, -0.25) is 4.79 Å². The smallest absolute Gasteiger partial charge is 0.241 e. The van der Waals surface area contributed by atoms with Gasteiger partial charge in [-0.05, 0) is 18.8 Å². The second-order valence-corrected chi connectivity index (χ2v) is 4.35. The van der Waals surface area contributed by atoms with Crippen LogP contribution in [0.25, 0.3) is 0 Å². The number of carbonyl (C=O) groups excluding carboxylic acids is 1. The molecule has 0 radical (unpaired) electrons. The van der Waals surface area contributed by atoms with Crippen molar-refractivity contribution < 1.29 is 4.79 Å².